The number of hydroxylamine groups is 2. The number of hydrogen-bond acceptors (Lipinski definition) is 5. The number of rotatable bonds is 3. The van der Waals surface area contributed by atoms with Crippen molar-refractivity contribution in [3.8, 4) is 0 Å². The Morgan fingerprint density at radius 3 is 2.55 bits per heavy atom. The summed E-state index contributed by atoms with van der Waals surface area (Å²) >= 11 is 6.53. The zero-order chi connectivity index (χ0) is 21.5. The van der Waals surface area contributed by atoms with Crippen LogP contribution >= 0.6 is 11.6 Å². The molecule has 0 aliphatic carbocycles. The maximum Gasteiger partial charge on any atom is 0.357 e. The summed E-state index contributed by atoms with van der Waals surface area (Å²) in [4.78, 5) is 23.3. The average Bonchev–Trinajstić information content (AvgIpc) is 3.21. The van der Waals surface area contributed by atoms with Gasteiger partial charge in [-0.2, -0.15) is 5.10 Å². The molecule has 0 fully saturated rings. The zero-order valence-corrected chi connectivity index (χ0v) is 18.0. The molecule has 5 rings (SSSR count). The number of aromatic nitrogens is 3. The lowest BCUT2D eigenvalue weighted by Gasteiger charge is -2.34. The number of aryl methyl sites for hydroxylation is 1. The van der Waals surface area contributed by atoms with Gasteiger partial charge in [0.2, 0.25) is 0 Å². The van der Waals surface area contributed by atoms with Crippen LogP contribution in [0.5, 0.6) is 0 Å². The number of nitrogens with zero attached hydrogens (tertiary/aromatic N) is 4. The minimum atomic E-state index is -0.392. The molecule has 0 amide bonds. The molecule has 0 radical (unpaired) electrons. The van der Waals surface area contributed by atoms with E-state index in [0.717, 1.165) is 22.5 Å². The van der Waals surface area contributed by atoms with E-state index in [1.165, 1.54) is 5.56 Å². The van der Waals surface area contributed by atoms with Crippen LogP contribution in [0.2, 0.25) is 5.15 Å². The van der Waals surface area contributed by atoms with Gasteiger partial charge in [0.05, 0.1) is 23.8 Å². The quantitative estimate of drug-likeness (QED) is 0.432. The molecule has 0 N–H and O–H groups in total. The van der Waals surface area contributed by atoms with Crippen LogP contribution in [0.25, 0.3) is 5.65 Å². The minimum absolute atomic E-state index is 0.249. The van der Waals surface area contributed by atoms with Crippen molar-refractivity contribution in [2.24, 2.45) is 0 Å². The highest BCUT2D eigenvalue weighted by atomic mass is 35.5. The monoisotopic (exact) mass is 432 g/mol. The van der Waals surface area contributed by atoms with Gasteiger partial charge in [0.1, 0.15) is 5.15 Å². The summed E-state index contributed by atoms with van der Waals surface area (Å²) in [5, 5.41) is 6.99. The molecular weight excluding hydrogens is 412 g/mol. The molecule has 2 aromatic heterocycles. The largest absolute Gasteiger partial charge is 0.363 e. The van der Waals surface area contributed by atoms with Gasteiger partial charge < -0.3 is 4.84 Å². The molecule has 0 bridgehead atoms. The van der Waals surface area contributed by atoms with Crippen molar-refractivity contribution in [3.05, 3.63) is 99.5 Å². The van der Waals surface area contributed by atoms with Crippen LogP contribution in [-0.2, 0) is 17.8 Å². The van der Waals surface area contributed by atoms with Crippen LogP contribution in [0.1, 0.15) is 44.5 Å². The Balaban J connectivity index is 1.55. The van der Waals surface area contributed by atoms with Gasteiger partial charge in [-0.05, 0) is 43.5 Å². The molecule has 1 atom stereocenters. The topological polar surface area (TPSA) is 59.7 Å². The second-order valence-electron chi connectivity index (χ2n) is 7.76. The molecule has 1 aliphatic rings. The molecule has 4 aromatic rings. The molecular formula is C24H21ClN4O2. The minimum Gasteiger partial charge on any atom is -0.363 e. The van der Waals surface area contributed by atoms with Crippen molar-refractivity contribution in [2.75, 3.05) is 0 Å². The SMILES string of the molecule is Cc1nc2cc([C@@H]3Cc4ccccc4CN3OC(=O)c3ccccc3)nn2c(Cl)c1C. The van der Waals surface area contributed by atoms with Crippen LogP contribution in [0.4, 0.5) is 0 Å². The van der Waals surface area contributed by atoms with Crippen molar-refractivity contribution in [2.45, 2.75) is 32.9 Å². The summed E-state index contributed by atoms with van der Waals surface area (Å²) in [7, 11) is 0. The third-order valence-corrected chi connectivity index (χ3v) is 6.23. The molecule has 3 heterocycles. The molecule has 1 aliphatic heterocycles. The first-order chi connectivity index (χ1) is 15.0. The predicted octanol–water partition coefficient (Wildman–Crippen LogP) is 4.87. The normalized spacial score (nSPS) is 16.3. The first-order valence-electron chi connectivity index (χ1n) is 10.1. The van der Waals surface area contributed by atoms with Crippen molar-refractivity contribution in [3.63, 3.8) is 0 Å². The molecule has 31 heavy (non-hydrogen) atoms. The molecule has 0 unspecified atom stereocenters. The van der Waals surface area contributed by atoms with Crippen molar-refractivity contribution >= 4 is 23.2 Å². The first kappa shape index (κ1) is 19.7. The number of carbonyl (C=O) groups is 1. The highest BCUT2D eigenvalue weighted by Crippen LogP contribution is 2.34. The molecule has 2 aromatic carbocycles. The highest BCUT2D eigenvalue weighted by molar-refractivity contribution is 6.30. The number of hydrogen-bond donors (Lipinski definition) is 0. The van der Waals surface area contributed by atoms with Crippen molar-refractivity contribution < 1.29 is 9.63 Å². The number of halogens is 1. The Morgan fingerprint density at radius 1 is 1.06 bits per heavy atom. The molecule has 0 saturated carbocycles. The van der Waals surface area contributed by atoms with Crippen molar-refractivity contribution in [1.82, 2.24) is 19.7 Å². The van der Waals surface area contributed by atoms with Gasteiger partial charge in [-0.1, -0.05) is 54.1 Å². The summed E-state index contributed by atoms with van der Waals surface area (Å²) in [6.45, 7) is 4.33. The molecule has 0 spiro atoms. The Kier molecular flexibility index (Phi) is 4.96. The second kappa shape index (κ2) is 7.80. The Bertz CT molecular complexity index is 1290. The fourth-order valence-corrected chi connectivity index (χ4v) is 4.18. The van der Waals surface area contributed by atoms with E-state index in [9.17, 15) is 4.79 Å². The van der Waals surface area contributed by atoms with Crippen molar-refractivity contribution in [1.29, 1.82) is 0 Å². The van der Waals surface area contributed by atoms with Gasteiger partial charge in [-0.15, -0.1) is 5.06 Å². The lowest BCUT2D eigenvalue weighted by molar-refractivity contribution is -0.152. The standard InChI is InChI=1S/C24H21ClN4O2/c1-15-16(2)26-22-13-20(27-29(22)23(15)25)21-12-18-10-6-7-11-19(18)14-28(21)31-24(30)17-8-4-3-5-9-17/h3-11,13,21H,12,14H2,1-2H3/t21-/m0/s1. The van der Waals surface area contributed by atoms with Crippen LogP contribution in [-0.4, -0.2) is 25.6 Å². The van der Waals surface area contributed by atoms with Gasteiger partial charge >= 0.3 is 5.97 Å². The van der Waals surface area contributed by atoms with Gasteiger partial charge in [0, 0.05) is 17.3 Å². The Hall–Kier alpha value is -3.22. The maximum atomic E-state index is 12.8. The summed E-state index contributed by atoms with van der Waals surface area (Å²) < 4.78 is 1.65. The van der Waals surface area contributed by atoms with E-state index in [4.69, 9.17) is 21.5 Å². The lowest BCUT2D eigenvalue weighted by Crippen LogP contribution is -2.36. The van der Waals surface area contributed by atoms with E-state index in [1.54, 1.807) is 21.7 Å². The van der Waals surface area contributed by atoms with Crippen LogP contribution in [0.3, 0.4) is 0 Å². The smallest absolute Gasteiger partial charge is 0.357 e. The molecule has 6 nitrogen and oxygen atoms in total. The van der Waals surface area contributed by atoms with Gasteiger partial charge in [0.15, 0.2) is 5.65 Å². The fourth-order valence-electron chi connectivity index (χ4n) is 3.92. The van der Waals surface area contributed by atoms with Gasteiger partial charge in [-0.3, -0.25) is 0 Å². The lowest BCUT2D eigenvalue weighted by atomic mass is 9.94. The Morgan fingerprint density at radius 2 is 1.77 bits per heavy atom. The number of fused-ring (bicyclic) bond motifs is 2. The second-order valence-corrected chi connectivity index (χ2v) is 8.12. The van der Waals surface area contributed by atoms with E-state index in [0.29, 0.717) is 29.3 Å². The predicted molar refractivity (Wildman–Crippen MR) is 118 cm³/mol. The van der Waals surface area contributed by atoms with E-state index >= 15 is 0 Å². The maximum absolute atomic E-state index is 12.8. The van der Waals surface area contributed by atoms with Gasteiger partial charge in [-0.25, -0.2) is 14.3 Å². The zero-order valence-electron chi connectivity index (χ0n) is 17.2. The third-order valence-electron chi connectivity index (χ3n) is 5.79. The number of carbonyl (C=O) groups excluding carboxylic acids is 1. The first-order valence-corrected chi connectivity index (χ1v) is 10.5. The highest BCUT2D eigenvalue weighted by Gasteiger charge is 2.33. The van der Waals surface area contributed by atoms with Crippen LogP contribution < -0.4 is 0 Å². The summed E-state index contributed by atoms with van der Waals surface area (Å²) in [5.41, 5.74) is 6.04. The summed E-state index contributed by atoms with van der Waals surface area (Å²) in [5.74, 6) is -0.392. The molecule has 7 heteroatoms. The molecule has 156 valence electrons. The van der Waals surface area contributed by atoms with E-state index < -0.39 is 5.97 Å². The average molecular weight is 433 g/mol. The van der Waals surface area contributed by atoms with E-state index in [1.807, 2.05) is 50.2 Å². The van der Waals surface area contributed by atoms with E-state index in [-0.39, 0.29) is 6.04 Å². The molecule has 0 saturated heterocycles. The van der Waals surface area contributed by atoms with Crippen LogP contribution in [0, 0.1) is 13.8 Å². The summed E-state index contributed by atoms with van der Waals surface area (Å²) in [6, 6.07) is 18.9. The number of benzene rings is 2. The van der Waals surface area contributed by atoms with Crippen LogP contribution in [0.15, 0.2) is 60.7 Å². The Labute approximate surface area is 185 Å². The summed E-state index contributed by atoms with van der Waals surface area (Å²) in [6.07, 6.45) is 0.664. The van der Waals surface area contributed by atoms with Gasteiger partial charge in [0.25, 0.3) is 0 Å². The fraction of sp³-hybridized carbons (Fsp3) is 0.208. The van der Waals surface area contributed by atoms with E-state index in [2.05, 4.69) is 17.1 Å². The third kappa shape index (κ3) is 3.58.